The Labute approximate surface area is 209 Å². The number of imide groups is 1. The first kappa shape index (κ1) is 25.2. The third-order valence-corrected chi connectivity index (χ3v) is 6.12. The molecule has 0 unspecified atom stereocenters. The quantitative estimate of drug-likeness (QED) is 0.200. The van der Waals surface area contributed by atoms with Crippen LogP contribution in [-0.4, -0.2) is 45.4 Å². The van der Waals surface area contributed by atoms with E-state index in [0.717, 1.165) is 32.9 Å². The Morgan fingerprint density at radius 1 is 0.889 bits per heavy atom. The molecule has 3 amide bonds. The highest BCUT2D eigenvalue weighted by molar-refractivity contribution is 6.01. The van der Waals surface area contributed by atoms with Crippen LogP contribution in [0.2, 0.25) is 0 Å². The summed E-state index contributed by atoms with van der Waals surface area (Å²) in [5.74, 6) is -1.33. The SMILES string of the molecule is CC(=O)N[C@H](Cc1c[nH]c2ccccc12)N[C@H](Cc1c[nH]c2ccccc12)C(=O)NC(=O)C(C)(C)N. The fourth-order valence-corrected chi connectivity index (χ4v) is 4.27. The molecule has 9 heteroatoms. The number of amides is 3. The summed E-state index contributed by atoms with van der Waals surface area (Å²) in [7, 11) is 0. The van der Waals surface area contributed by atoms with Crippen molar-refractivity contribution in [3.8, 4) is 0 Å². The smallest absolute Gasteiger partial charge is 0.246 e. The van der Waals surface area contributed by atoms with Crippen LogP contribution in [0.5, 0.6) is 0 Å². The van der Waals surface area contributed by atoms with Crippen LogP contribution in [0.3, 0.4) is 0 Å². The lowest BCUT2D eigenvalue weighted by Crippen LogP contribution is -2.59. The number of aromatic amines is 2. The fourth-order valence-electron chi connectivity index (χ4n) is 4.27. The third-order valence-electron chi connectivity index (χ3n) is 6.12. The van der Waals surface area contributed by atoms with E-state index in [1.807, 2.05) is 60.9 Å². The summed E-state index contributed by atoms with van der Waals surface area (Å²) in [6.07, 6.45) is 3.91. The summed E-state index contributed by atoms with van der Waals surface area (Å²) < 4.78 is 0. The van der Waals surface area contributed by atoms with Crippen LogP contribution in [-0.2, 0) is 27.2 Å². The number of carbonyl (C=O) groups excluding carboxylic acids is 3. The van der Waals surface area contributed by atoms with E-state index >= 15 is 0 Å². The van der Waals surface area contributed by atoms with Gasteiger partial charge in [0.2, 0.25) is 17.7 Å². The summed E-state index contributed by atoms with van der Waals surface area (Å²) in [5.41, 5.74) is 8.51. The second-order valence-corrected chi connectivity index (χ2v) is 9.64. The maximum absolute atomic E-state index is 13.3. The molecule has 0 aliphatic carbocycles. The highest BCUT2D eigenvalue weighted by Gasteiger charge is 2.30. The molecule has 36 heavy (non-hydrogen) atoms. The number of benzene rings is 2. The molecule has 2 heterocycles. The minimum Gasteiger partial charge on any atom is -0.361 e. The van der Waals surface area contributed by atoms with Crippen molar-refractivity contribution in [3.05, 3.63) is 72.1 Å². The van der Waals surface area contributed by atoms with Crippen molar-refractivity contribution in [2.75, 3.05) is 0 Å². The molecule has 0 radical (unpaired) electrons. The standard InChI is InChI=1S/C27H32N6O3/c1-16(34)31-24(13-18-15-30-22-11-7-5-9-20(18)22)32-23(25(35)33-26(36)27(2,3)28)12-17-14-29-21-10-6-4-8-19(17)21/h4-11,14-15,23-24,29-30,32H,12-13,28H2,1-3H3,(H,31,34)(H,33,35,36)/t23-,24+/m1/s1. The number of rotatable bonds is 9. The van der Waals surface area contributed by atoms with E-state index < -0.39 is 29.6 Å². The van der Waals surface area contributed by atoms with Crippen molar-refractivity contribution in [2.24, 2.45) is 5.73 Å². The summed E-state index contributed by atoms with van der Waals surface area (Å²) in [6, 6.07) is 14.9. The summed E-state index contributed by atoms with van der Waals surface area (Å²) in [4.78, 5) is 44.3. The van der Waals surface area contributed by atoms with Gasteiger partial charge >= 0.3 is 0 Å². The Morgan fingerprint density at radius 2 is 1.42 bits per heavy atom. The lowest BCUT2D eigenvalue weighted by atomic mass is 10.0. The van der Waals surface area contributed by atoms with Crippen LogP contribution in [0, 0.1) is 0 Å². The summed E-state index contributed by atoms with van der Waals surface area (Å²) in [5, 5.41) is 10.6. The van der Waals surface area contributed by atoms with Crippen LogP contribution >= 0.6 is 0 Å². The monoisotopic (exact) mass is 488 g/mol. The van der Waals surface area contributed by atoms with E-state index in [9.17, 15) is 14.4 Å². The second kappa shape index (κ2) is 10.3. The van der Waals surface area contributed by atoms with Crippen molar-refractivity contribution in [1.29, 1.82) is 0 Å². The largest absolute Gasteiger partial charge is 0.361 e. The third kappa shape index (κ3) is 5.81. The molecule has 4 aromatic rings. The highest BCUT2D eigenvalue weighted by Crippen LogP contribution is 2.21. The van der Waals surface area contributed by atoms with E-state index in [0.29, 0.717) is 6.42 Å². The molecule has 2 atom stereocenters. The second-order valence-electron chi connectivity index (χ2n) is 9.64. The predicted molar refractivity (Wildman–Crippen MR) is 140 cm³/mol. The van der Waals surface area contributed by atoms with E-state index in [1.54, 1.807) is 0 Å². The Morgan fingerprint density at radius 3 is 1.94 bits per heavy atom. The van der Waals surface area contributed by atoms with Crippen molar-refractivity contribution in [1.82, 2.24) is 25.9 Å². The molecule has 9 nitrogen and oxygen atoms in total. The topological polar surface area (TPSA) is 145 Å². The van der Waals surface area contributed by atoms with Gasteiger partial charge in [-0.15, -0.1) is 0 Å². The Hall–Kier alpha value is -3.95. The van der Waals surface area contributed by atoms with Gasteiger partial charge in [0, 0.05) is 47.5 Å². The van der Waals surface area contributed by atoms with Gasteiger partial charge in [-0.25, -0.2) is 0 Å². The van der Waals surface area contributed by atoms with Crippen LogP contribution in [0.25, 0.3) is 21.8 Å². The van der Waals surface area contributed by atoms with Gasteiger partial charge < -0.3 is 21.0 Å². The van der Waals surface area contributed by atoms with E-state index in [2.05, 4.69) is 25.9 Å². The Balaban J connectivity index is 1.62. The number of aromatic nitrogens is 2. The fraction of sp³-hybridized carbons (Fsp3) is 0.296. The Bertz CT molecular complexity index is 1400. The van der Waals surface area contributed by atoms with Crippen LogP contribution in [0.4, 0.5) is 0 Å². The zero-order valence-corrected chi connectivity index (χ0v) is 20.6. The zero-order valence-electron chi connectivity index (χ0n) is 20.6. The number of carbonyl (C=O) groups is 3. The van der Waals surface area contributed by atoms with Gasteiger partial charge in [-0.05, 0) is 43.5 Å². The number of para-hydroxylation sites is 2. The summed E-state index contributed by atoms with van der Waals surface area (Å²) >= 11 is 0. The molecular formula is C27H32N6O3. The van der Waals surface area contributed by atoms with Gasteiger partial charge in [-0.2, -0.15) is 0 Å². The van der Waals surface area contributed by atoms with Crippen molar-refractivity contribution in [2.45, 2.75) is 51.4 Å². The van der Waals surface area contributed by atoms with Crippen molar-refractivity contribution in [3.63, 3.8) is 0 Å². The molecule has 188 valence electrons. The van der Waals surface area contributed by atoms with Gasteiger partial charge in [-0.3, -0.25) is 25.0 Å². The molecule has 2 aromatic carbocycles. The number of hydrogen-bond donors (Lipinski definition) is 6. The number of hydrogen-bond acceptors (Lipinski definition) is 5. The predicted octanol–water partition coefficient (Wildman–Crippen LogP) is 2.23. The number of nitrogens with two attached hydrogens (primary N) is 1. The molecule has 0 aliphatic rings. The molecule has 0 fully saturated rings. The van der Waals surface area contributed by atoms with E-state index in [1.165, 1.54) is 20.8 Å². The first-order valence-corrected chi connectivity index (χ1v) is 11.9. The van der Waals surface area contributed by atoms with Gasteiger partial charge in [0.1, 0.15) is 0 Å². The average molecular weight is 489 g/mol. The van der Waals surface area contributed by atoms with Crippen LogP contribution in [0.1, 0.15) is 31.9 Å². The number of H-pyrrole nitrogens is 2. The molecule has 0 bridgehead atoms. The molecule has 0 saturated carbocycles. The zero-order chi connectivity index (χ0) is 25.9. The molecule has 0 aliphatic heterocycles. The van der Waals surface area contributed by atoms with Crippen molar-refractivity contribution >= 4 is 39.5 Å². The molecule has 2 aromatic heterocycles. The summed E-state index contributed by atoms with van der Waals surface area (Å²) in [6.45, 7) is 4.50. The number of fused-ring (bicyclic) bond motifs is 2. The average Bonchev–Trinajstić information content (AvgIpc) is 3.42. The molecular weight excluding hydrogens is 456 g/mol. The van der Waals surface area contributed by atoms with E-state index in [-0.39, 0.29) is 12.3 Å². The molecule has 4 rings (SSSR count). The van der Waals surface area contributed by atoms with Gasteiger partial charge in [0.25, 0.3) is 0 Å². The van der Waals surface area contributed by atoms with E-state index in [4.69, 9.17) is 5.73 Å². The lowest BCUT2D eigenvalue weighted by Gasteiger charge is -2.27. The van der Waals surface area contributed by atoms with Gasteiger partial charge in [0.15, 0.2) is 0 Å². The minimum atomic E-state index is -1.22. The maximum Gasteiger partial charge on any atom is 0.246 e. The van der Waals surface area contributed by atoms with Crippen molar-refractivity contribution < 1.29 is 14.4 Å². The molecule has 0 spiro atoms. The van der Waals surface area contributed by atoms with Crippen LogP contribution < -0.4 is 21.7 Å². The molecule has 7 N–H and O–H groups in total. The first-order valence-electron chi connectivity index (χ1n) is 11.9. The van der Waals surface area contributed by atoms with Gasteiger partial charge in [0.05, 0.1) is 17.7 Å². The molecule has 0 saturated heterocycles. The van der Waals surface area contributed by atoms with Crippen LogP contribution in [0.15, 0.2) is 60.9 Å². The Kier molecular flexibility index (Phi) is 7.23. The highest BCUT2D eigenvalue weighted by atomic mass is 16.2. The normalized spacial score (nSPS) is 13.4. The van der Waals surface area contributed by atoms with Gasteiger partial charge in [-0.1, -0.05) is 36.4 Å². The number of nitrogens with one attached hydrogen (secondary N) is 5. The minimum absolute atomic E-state index is 0.238. The first-order chi connectivity index (χ1) is 17.1. The lowest BCUT2D eigenvalue weighted by molar-refractivity contribution is -0.134. The maximum atomic E-state index is 13.3.